The fraction of sp³-hybridized carbons (Fsp3) is 0.250. The van der Waals surface area contributed by atoms with E-state index in [1.807, 2.05) is 67.7 Å². The monoisotopic (exact) mass is 387 g/mol. The van der Waals surface area contributed by atoms with Crippen molar-refractivity contribution < 1.29 is 9.53 Å². The molecule has 1 aromatic heterocycles. The van der Waals surface area contributed by atoms with Crippen LogP contribution in [0.4, 0.5) is 11.4 Å². The number of hydrogen-bond donors (Lipinski definition) is 0. The minimum Gasteiger partial charge on any atom is -0.495 e. The Labute approximate surface area is 171 Å². The number of pyridine rings is 1. The van der Waals surface area contributed by atoms with Crippen LogP contribution < -0.4 is 9.64 Å². The first-order chi connectivity index (χ1) is 14.2. The predicted octanol–water partition coefficient (Wildman–Crippen LogP) is 4.45. The largest absolute Gasteiger partial charge is 0.495 e. The van der Waals surface area contributed by atoms with Crippen LogP contribution in [0.15, 0.2) is 66.9 Å². The predicted molar refractivity (Wildman–Crippen MR) is 115 cm³/mol. The average Bonchev–Trinajstić information content (AvgIpc) is 2.78. The number of para-hydroxylation sites is 2. The Morgan fingerprint density at radius 1 is 1.10 bits per heavy atom. The molecule has 2 aromatic carbocycles. The number of carbonyl (C=O) groups excluding carboxylic acids is 1. The van der Waals surface area contributed by atoms with E-state index in [4.69, 9.17) is 4.74 Å². The van der Waals surface area contributed by atoms with Gasteiger partial charge in [0.15, 0.2) is 0 Å². The fourth-order valence-electron chi connectivity index (χ4n) is 3.80. The topological polar surface area (TPSA) is 45.7 Å². The number of aryl methyl sites for hydroxylation is 1. The lowest BCUT2D eigenvalue weighted by atomic mass is 10.0. The highest BCUT2D eigenvalue weighted by atomic mass is 16.5. The minimum absolute atomic E-state index is 0.0327. The summed E-state index contributed by atoms with van der Waals surface area (Å²) in [5.41, 5.74) is 4.71. The summed E-state index contributed by atoms with van der Waals surface area (Å²) in [6, 6.07) is 19.9. The van der Waals surface area contributed by atoms with Crippen LogP contribution in [-0.2, 0) is 13.0 Å². The standard InChI is InChI=1S/C24H25N3O2/c1-26(17-18-9-4-3-5-10-18)24(28)19-15-22-20(25-16-19)11-8-14-27(22)21-12-6-7-13-23(21)29-2/h3-7,9-10,12-13,15-16H,8,11,14,17H2,1-2H3. The Morgan fingerprint density at radius 2 is 1.86 bits per heavy atom. The molecule has 2 heterocycles. The third-order valence-corrected chi connectivity index (χ3v) is 5.27. The summed E-state index contributed by atoms with van der Waals surface area (Å²) in [5, 5.41) is 0. The van der Waals surface area contributed by atoms with Crippen LogP contribution in [0, 0.1) is 0 Å². The first-order valence-corrected chi connectivity index (χ1v) is 9.86. The second kappa shape index (κ2) is 8.35. The molecule has 0 saturated heterocycles. The van der Waals surface area contributed by atoms with Crippen molar-refractivity contribution >= 4 is 17.3 Å². The molecular weight excluding hydrogens is 362 g/mol. The number of benzene rings is 2. The van der Waals surface area contributed by atoms with E-state index in [1.54, 1.807) is 18.2 Å². The van der Waals surface area contributed by atoms with Crippen molar-refractivity contribution in [1.82, 2.24) is 9.88 Å². The van der Waals surface area contributed by atoms with Crippen LogP contribution >= 0.6 is 0 Å². The Hall–Kier alpha value is -3.34. The molecule has 0 N–H and O–H groups in total. The molecule has 4 rings (SSSR count). The lowest BCUT2D eigenvalue weighted by Gasteiger charge is -2.32. The summed E-state index contributed by atoms with van der Waals surface area (Å²) >= 11 is 0. The van der Waals surface area contributed by atoms with E-state index in [1.165, 1.54) is 0 Å². The quantitative estimate of drug-likeness (QED) is 0.649. The summed E-state index contributed by atoms with van der Waals surface area (Å²) in [6.45, 7) is 1.43. The van der Waals surface area contributed by atoms with E-state index >= 15 is 0 Å². The molecule has 0 aliphatic carbocycles. The molecule has 148 valence electrons. The molecule has 3 aromatic rings. The molecule has 1 aliphatic heterocycles. The molecule has 0 saturated carbocycles. The van der Waals surface area contributed by atoms with Gasteiger partial charge in [-0.05, 0) is 36.6 Å². The van der Waals surface area contributed by atoms with Crippen molar-refractivity contribution in [3.63, 3.8) is 0 Å². The molecule has 29 heavy (non-hydrogen) atoms. The van der Waals surface area contributed by atoms with E-state index in [-0.39, 0.29) is 5.91 Å². The molecular formula is C24H25N3O2. The molecule has 5 nitrogen and oxygen atoms in total. The van der Waals surface area contributed by atoms with Gasteiger partial charge < -0.3 is 14.5 Å². The van der Waals surface area contributed by atoms with E-state index in [2.05, 4.69) is 9.88 Å². The third-order valence-electron chi connectivity index (χ3n) is 5.27. The van der Waals surface area contributed by atoms with Gasteiger partial charge in [0.2, 0.25) is 0 Å². The smallest absolute Gasteiger partial charge is 0.255 e. The number of nitrogens with zero attached hydrogens (tertiary/aromatic N) is 3. The van der Waals surface area contributed by atoms with Gasteiger partial charge in [-0.1, -0.05) is 42.5 Å². The Bertz CT molecular complexity index is 1000. The van der Waals surface area contributed by atoms with Gasteiger partial charge in [0.05, 0.1) is 29.7 Å². The summed E-state index contributed by atoms with van der Waals surface area (Å²) in [5.74, 6) is 0.785. The summed E-state index contributed by atoms with van der Waals surface area (Å²) in [7, 11) is 3.51. The summed E-state index contributed by atoms with van der Waals surface area (Å²) in [4.78, 5) is 21.6. The number of amides is 1. The molecule has 1 aliphatic rings. The number of methoxy groups -OCH3 is 1. The van der Waals surface area contributed by atoms with Gasteiger partial charge in [0, 0.05) is 26.3 Å². The molecule has 0 unspecified atom stereocenters. The van der Waals surface area contributed by atoms with Gasteiger partial charge in [-0.3, -0.25) is 9.78 Å². The second-order valence-corrected chi connectivity index (χ2v) is 7.26. The van der Waals surface area contributed by atoms with Gasteiger partial charge >= 0.3 is 0 Å². The van der Waals surface area contributed by atoms with Crippen LogP contribution in [0.2, 0.25) is 0 Å². The number of aromatic nitrogens is 1. The first-order valence-electron chi connectivity index (χ1n) is 9.86. The zero-order valence-electron chi connectivity index (χ0n) is 16.8. The van der Waals surface area contributed by atoms with Gasteiger partial charge in [-0.15, -0.1) is 0 Å². The van der Waals surface area contributed by atoms with E-state index in [0.29, 0.717) is 12.1 Å². The van der Waals surface area contributed by atoms with Crippen LogP contribution in [0.3, 0.4) is 0 Å². The summed E-state index contributed by atoms with van der Waals surface area (Å²) in [6.07, 6.45) is 3.63. The zero-order valence-corrected chi connectivity index (χ0v) is 16.8. The van der Waals surface area contributed by atoms with Gasteiger partial charge in [0.1, 0.15) is 5.75 Å². The number of fused-ring (bicyclic) bond motifs is 1. The van der Waals surface area contributed by atoms with Crippen molar-refractivity contribution in [2.75, 3.05) is 25.6 Å². The van der Waals surface area contributed by atoms with Gasteiger partial charge in [0.25, 0.3) is 5.91 Å². The molecule has 1 amide bonds. The Kier molecular flexibility index (Phi) is 5.47. The van der Waals surface area contributed by atoms with Crippen LogP contribution in [-0.4, -0.2) is 36.5 Å². The highest BCUT2D eigenvalue weighted by Gasteiger charge is 2.24. The fourth-order valence-corrected chi connectivity index (χ4v) is 3.80. The van der Waals surface area contributed by atoms with Crippen LogP contribution in [0.1, 0.15) is 28.0 Å². The lowest BCUT2D eigenvalue weighted by Crippen LogP contribution is -2.29. The van der Waals surface area contributed by atoms with Crippen molar-refractivity contribution in [3.8, 4) is 5.75 Å². The van der Waals surface area contributed by atoms with Crippen molar-refractivity contribution in [1.29, 1.82) is 0 Å². The average molecular weight is 387 g/mol. The lowest BCUT2D eigenvalue weighted by molar-refractivity contribution is 0.0784. The van der Waals surface area contributed by atoms with Gasteiger partial charge in [-0.25, -0.2) is 0 Å². The molecule has 0 fully saturated rings. The number of rotatable bonds is 5. The number of hydrogen-bond acceptors (Lipinski definition) is 4. The minimum atomic E-state index is -0.0327. The molecule has 0 spiro atoms. The molecule has 0 bridgehead atoms. The van der Waals surface area contributed by atoms with Crippen LogP contribution in [0.25, 0.3) is 0 Å². The van der Waals surface area contributed by atoms with Crippen LogP contribution in [0.5, 0.6) is 5.75 Å². The number of ether oxygens (including phenoxy) is 1. The van der Waals surface area contributed by atoms with E-state index < -0.39 is 0 Å². The zero-order chi connectivity index (χ0) is 20.2. The van der Waals surface area contributed by atoms with Crippen molar-refractivity contribution in [2.45, 2.75) is 19.4 Å². The van der Waals surface area contributed by atoms with E-state index in [0.717, 1.165) is 47.8 Å². The van der Waals surface area contributed by atoms with Crippen molar-refractivity contribution in [2.24, 2.45) is 0 Å². The first kappa shape index (κ1) is 19.0. The molecule has 0 radical (unpaired) electrons. The Balaban J connectivity index is 1.64. The maximum absolute atomic E-state index is 13.0. The second-order valence-electron chi connectivity index (χ2n) is 7.26. The molecule has 0 atom stereocenters. The van der Waals surface area contributed by atoms with Gasteiger partial charge in [-0.2, -0.15) is 0 Å². The normalized spacial score (nSPS) is 13.0. The number of anilines is 2. The number of carbonyl (C=O) groups is 1. The third kappa shape index (κ3) is 3.94. The van der Waals surface area contributed by atoms with E-state index in [9.17, 15) is 4.79 Å². The molecule has 5 heteroatoms. The van der Waals surface area contributed by atoms with Crippen molar-refractivity contribution in [3.05, 3.63) is 83.7 Å². The Morgan fingerprint density at radius 3 is 2.66 bits per heavy atom. The maximum Gasteiger partial charge on any atom is 0.255 e. The highest BCUT2D eigenvalue weighted by Crippen LogP contribution is 2.38. The SMILES string of the molecule is COc1ccccc1N1CCCc2ncc(C(=O)N(C)Cc3ccccc3)cc21. The maximum atomic E-state index is 13.0. The highest BCUT2D eigenvalue weighted by molar-refractivity contribution is 5.95. The summed E-state index contributed by atoms with van der Waals surface area (Å²) < 4.78 is 5.56.